The average Bonchev–Trinajstić information content (AvgIpc) is 3.16. The van der Waals surface area contributed by atoms with E-state index in [9.17, 15) is 9.59 Å². The van der Waals surface area contributed by atoms with E-state index in [-0.39, 0.29) is 13.1 Å². The highest BCUT2D eigenvalue weighted by Crippen LogP contribution is 2.29. The quantitative estimate of drug-likeness (QED) is 0.633. The van der Waals surface area contributed by atoms with Gasteiger partial charge in [0.05, 0.1) is 0 Å². The van der Waals surface area contributed by atoms with E-state index in [1.54, 1.807) is 0 Å². The topological polar surface area (TPSA) is 112 Å². The number of aliphatic carboxylic acids is 1. The fourth-order valence-corrected chi connectivity index (χ4v) is 2.53. The first-order valence-electron chi connectivity index (χ1n) is 7.50. The summed E-state index contributed by atoms with van der Waals surface area (Å²) in [4.78, 5) is 22.9. The lowest BCUT2D eigenvalue weighted by atomic mass is 9.98. The van der Waals surface area contributed by atoms with Gasteiger partial charge in [-0.2, -0.15) is 5.21 Å². The van der Waals surface area contributed by atoms with E-state index in [2.05, 4.69) is 20.6 Å². The molecule has 2 aromatic carbocycles. The molecule has 0 saturated carbocycles. The molecular formula is C17H15N5O3. The Morgan fingerprint density at radius 3 is 2.44 bits per heavy atom. The monoisotopic (exact) mass is 337 g/mol. The Kier molecular flexibility index (Phi) is 4.79. The van der Waals surface area contributed by atoms with Crippen LogP contribution in [-0.4, -0.2) is 49.6 Å². The number of aromatic amines is 1. The van der Waals surface area contributed by atoms with Crippen LogP contribution in [0.1, 0.15) is 5.56 Å². The summed E-state index contributed by atoms with van der Waals surface area (Å²) in [6.07, 6.45) is 0.535. The summed E-state index contributed by atoms with van der Waals surface area (Å²) in [7, 11) is 0. The Morgan fingerprint density at radius 2 is 1.84 bits per heavy atom. The van der Waals surface area contributed by atoms with Gasteiger partial charge in [0.15, 0.2) is 0 Å². The fraction of sp³-hybridized carbons (Fsp3) is 0.118. The maximum Gasteiger partial charge on any atom is 0.323 e. The van der Waals surface area contributed by atoms with E-state index in [0.29, 0.717) is 12.2 Å². The van der Waals surface area contributed by atoms with Crippen LogP contribution in [-0.2, 0) is 16.1 Å². The van der Waals surface area contributed by atoms with Gasteiger partial charge >= 0.3 is 5.97 Å². The number of nitrogens with zero attached hydrogens (tertiary/aromatic N) is 4. The van der Waals surface area contributed by atoms with Crippen molar-refractivity contribution in [1.82, 2.24) is 25.5 Å². The summed E-state index contributed by atoms with van der Waals surface area (Å²) < 4.78 is 0. The van der Waals surface area contributed by atoms with Crippen LogP contribution in [0.3, 0.4) is 0 Å². The van der Waals surface area contributed by atoms with Gasteiger partial charge in [0.1, 0.15) is 6.54 Å². The number of carbonyl (C=O) groups is 2. The molecule has 0 unspecified atom stereocenters. The van der Waals surface area contributed by atoms with Crippen molar-refractivity contribution in [1.29, 1.82) is 0 Å². The molecule has 0 radical (unpaired) electrons. The summed E-state index contributed by atoms with van der Waals surface area (Å²) >= 11 is 0. The number of tetrazole rings is 1. The largest absolute Gasteiger partial charge is 0.480 e. The predicted molar refractivity (Wildman–Crippen MR) is 89.2 cm³/mol. The van der Waals surface area contributed by atoms with Gasteiger partial charge in [-0.25, -0.2) is 0 Å². The van der Waals surface area contributed by atoms with Crippen molar-refractivity contribution in [2.75, 3.05) is 6.54 Å². The lowest BCUT2D eigenvalue weighted by Crippen LogP contribution is -2.27. The Balaban J connectivity index is 1.84. The molecule has 0 aliphatic rings. The second-order valence-corrected chi connectivity index (χ2v) is 5.38. The van der Waals surface area contributed by atoms with E-state index in [0.717, 1.165) is 22.3 Å². The maximum atomic E-state index is 10.9. The van der Waals surface area contributed by atoms with Crippen LogP contribution in [0.2, 0.25) is 0 Å². The Labute approximate surface area is 143 Å². The molecule has 8 nitrogen and oxygen atoms in total. The standard InChI is InChI=1S/C17H15N5O3/c23-11-22(10-16(24)25)9-12-5-7-13(8-6-12)14-3-1-2-4-15(14)17-18-20-21-19-17/h1-8,11H,9-10H2,(H,24,25)(H,18,19,20,21). The lowest BCUT2D eigenvalue weighted by molar-refractivity contribution is -0.141. The summed E-state index contributed by atoms with van der Waals surface area (Å²) in [6, 6.07) is 15.3. The lowest BCUT2D eigenvalue weighted by Gasteiger charge is -2.15. The van der Waals surface area contributed by atoms with Gasteiger partial charge in [-0.1, -0.05) is 48.5 Å². The first-order valence-corrected chi connectivity index (χ1v) is 7.50. The molecule has 3 rings (SSSR count). The highest BCUT2D eigenvalue weighted by atomic mass is 16.4. The smallest absolute Gasteiger partial charge is 0.323 e. The molecular weight excluding hydrogens is 322 g/mol. The molecule has 0 fully saturated rings. The number of hydrogen-bond donors (Lipinski definition) is 2. The Hall–Kier alpha value is -3.55. The molecule has 0 atom stereocenters. The minimum atomic E-state index is -1.04. The van der Waals surface area contributed by atoms with E-state index in [4.69, 9.17) is 5.11 Å². The number of nitrogens with one attached hydrogen (secondary N) is 1. The van der Waals surface area contributed by atoms with Crippen LogP contribution in [0.25, 0.3) is 22.5 Å². The van der Waals surface area contributed by atoms with Gasteiger partial charge in [-0.15, -0.1) is 10.2 Å². The van der Waals surface area contributed by atoms with Crippen LogP contribution in [0.4, 0.5) is 0 Å². The molecule has 0 spiro atoms. The van der Waals surface area contributed by atoms with Gasteiger partial charge < -0.3 is 10.0 Å². The van der Waals surface area contributed by atoms with Crippen LogP contribution in [0.15, 0.2) is 48.5 Å². The third-order valence-electron chi connectivity index (χ3n) is 3.65. The number of H-pyrrole nitrogens is 1. The number of carboxylic acid groups (broad SMARTS) is 1. The van der Waals surface area contributed by atoms with Crippen molar-refractivity contribution in [3.05, 3.63) is 54.1 Å². The summed E-state index contributed by atoms with van der Waals surface area (Å²) in [5.41, 5.74) is 3.60. The molecule has 25 heavy (non-hydrogen) atoms. The van der Waals surface area contributed by atoms with Crippen LogP contribution >= 0.6 is 0 Å². The second-order valence-electron chi connectivity index (χ2n) is 5.38. The number of carboxylic acids is 1. The molecule has 0 aliphatic heterocycles. The number of amides is 1. The van der Waals surface area contributed by atoms with Gasteiger partial charge in [0.25, 0.3) is 0 Å². The van der Waals surface area contributed by atoms with Gasteiger partial charge in [-0.05, 0) is 21.9 Å². The molecule has 1 amide bonds. The van der Waals surface area contributed by atoms with Crippen molar-refractivity contribution in [3.63, 3.8) is 0 Å². The van der Waals surface area contributed by atoms with Crippen LogP contribution in [0, 0.1) is 0 Å². The number of hydrogen-bond acceptors (Lipinski definition) is 5. The number of rotatable bonds is 7. The molecule has 1 heterocycles. The first kappa shape index (κ1) is 16.3. The zero-order valence-electron chi connectivity index (χ0n) is 13.2. The zero-order valence-corrected chi connectivity index (χ0v) is 13.2. The third kappa shape index (κ3) is 3.86. The number of aromatic nitrogens is 4. The molecule has 1 aromatic heterocycles. The molecule has 2 N–H and O–H groups in total. The summed E-state index contributed by atoms with van der Waals surface area (Å²) in [5, 5.41) is 22.9. The molecule has 0 aliphatic carbocycles. The first-order chi connectivity index (χ1) is 12.2. The molecule has 8 heteroatoms. The minimum absolute atomic E-state index is 0.239. The van der Waals surface area contributed by atoms with E-state index in [1.165, 1.54) is 4.90 Å². The summed E-state index contributed by atoms with van der Waals surface area (Å²) in [6.45, 7) is -0.0888. The normalized spacial score (nSPS) is 10.4. The summed E-state index contributed by atoms with van der Waals surface area (Å²) in [5.74, 6) is -0.536. The van der Waals surface area contributed by atoms with Crippen molar-refractivity contribution >= 4 is 12.4 Å². The van der Waals surface area contributed by atoms with Crippen molar-refractivity contribution < 1.29 is 14.7 Å². The highest BCUT2D eigenvalue weighted by Gasteiger charge is 2.11. The van der Waals surface area contributed by atoms with Gasteiger partial charge in [0.2, 0.25) is 12.2 Å². The zero-order chi connectivity index (χ0) is 17.6. The van der Waals surface area contributed by atoms with E-state index in [1.807, 2.05) is 48.5 Å². The maximum absolute atomic E-state index is 10.9. The second kappa shape index (κ2) is 7.35. The van der Waals surface area contributed by atoms with Crippen molar-refractivity contribution in [2.45, 2.75) is 6.54 Å². The Morgan fingerprint density at radius 1 is 1.12 bits per heavy atom. The Bertz CT molecular complexity index is 862. The molecule has 3 aromatic rings. The molecule has 0 bridgehead atoms. The van der Waals surface area contributed by atoms with Crippen molar-refractivity contribution in [2.24, 2.45) is 0 Å². The van der Waals surface area contributed by atoms with Gasteiger partial charge in [0, 0.05) is 12.1 Å². The van der Waals surface area contributed by atoms with Crippen LogP contribution in [0.5, 0.6) is 0 Å². The minimum Gasteiger partial charge on any atom is -0.480 e. The molecule has 0 saturated heterocycles. The number of carbonyl (C=O) groups excluding carboxylic acids is 1. The predicted octanol–water partition coefficient (Wildman–Crippen LogP) is 1.58. The highest BCUT2D eigenvalue weighted by molar-refractivity contribution is 5.80. The van der Waals surface area contributed by atoms with Crippen molar-refractivity contribution in [3.8, 4) is 22.5 Å². The van der Waals surface area contributed by atoms with E-state index < -0.39 is 5.97 Å². The van der Waals surface area contributed by atoms with Gasteiger partial charge in [-0.3, -0.25) is 9.59 Å². The fourth-order valence-electron chi connectivity index (χ4n) is 2.53. The van der Waals surface area contributed by atoms with E-state index >= 15 is 0 Å². The average molecular weight is 337 g/mol. The SMILES string of the molecule is O=CN(CC(=O)O)Cc1ccc(-c2ccccc2-c2nn[nH]n2)cc1. The third-order valence-corrected chi connectivity index (χ3v) is 3.65. The molecule has 126 valence electrons. The number of benzene rings is 2. The van der Waals surface area contributed by atoms with Crippen LogP contribution < -0.4 is 0 Å².